The number of hydrogen-bond acceptors (Lipinski definition) is 6. The first kappa shape index (κ1) is 19.3. The van der Waals surface area contributed by atoms with Gasteiger partial charge in [0.05, 0.1) is 23.3 Å². The van der Waals surface area contributed by atoms with Gasteiger partial charge in [0.2, 0.25) is 0 Å². The number of thioether (sulfide) groups is 1. The lowest BCUT2D eigenvalue weighted by Crippen LogP contribution is -2.13. The van der Waals surface area contributed by atoms with E-state index in [-0.39, 0.29) is 25.3 Å². The van der Waals surface area contributed by atoms with Crippen molar-refractivity contribution in [1.29, 1.82) is 5.26 Å². The summed E-state index contributed by atoms with van der Waals surface area (Å²) in [5, 5.41) is 8.78. The third-order valence-electron chi connectivity index (χ3n) is 4.12. The van der Waals surface area contributed by atoms with E-state index in [1.54, 1.807) is 42.1 Å². The number of esters is 1. The second-order valence-electron chi connectivity index (χ2n) is 6.06. The molecule has 0 aliphatic carbocycles. The quantitative estimate of drug-likeness (QED) is 0.389. The largest absolute Gasteiger partial charge is 0.490 e. The van der Waals surface area contributed by atoms with E-state index in [0.717, 1.165) is 30.1 Å². The van der Waals surface area contributed by atoms with E-state index in [2.05, 4.69) is 6.07 Å². The predicted molar refractivity (Wildman–Crippen MR) is 103 cm³/mol. The lowest BCUT2D eigenvalue weighted by atomic mass is 10.2. The molecule has 0 radical (unpaired) electrons. The van der Waals surface area contributed by atoms with Crippen LogP contribution < -0.4 is 4.74 Å². The van der Waals surface area contributed by atoms with Gasteiger partial charge in [0, 0.05) is 17.3 Å². The molecule has 140 valence electrons. The molecule has 5 nitrogen and oxygen atoms in total. The van der Waals surface area contributed by atoms with Crippen molar-refractivity contribution in [3.8, 4) is 11.8 Å². The maximum absolute atomic E-state index is 12.4. The van der Waals surface area contributed by atoms with Crippen molar-refractivity contribution in [1.82, 2.24) is 0 Å². The first-order chi connectivity index (χ1) is 13.3. The highest BCUT2D eigenvalue weighted by atomic mass is 32.2. The van der Waals surface area contributed by atoms with Crippen molar-refractivity contribution in [3.05, 3.63) is 59.7 Å². The Bertz CT molecular complexity index is 795. The predicted octanol–water partition coefficient (Wildman–Crippen LogP) is 4.07. The van der Waals surface area contributed by atoms with Crippen molar-refractivity contribution in [3.63, 3.8) is 0 Å². The van der Waals surface area contributed by atoms with Gasteiger partial charge in [-0.15, -0.1) is 11.8 Å². The van der Waals surface area contributed by atoms with Crippen LogP contribution in [-0.4, -0.2) is 37.6 Å². The molecule has 1 fully saturated rings. The number of benzene rings is 2. The highest BCUT2D eigenvalue weighted by Gasteiger charge is 2.18. The number of hydrogen-bond donors (Lipinski definition) is 0. The van der Waals surface area contributed by atoms with Crippen molar-refractivity contribution >= 4 is 17.7 Å². The second-order valence-corrected chi connectivity index (χ2v) is 7.12. The van der Waals surface area contributed by atoms with Crippen LogP contribution in [0.2, 0.25) is 0 Å². The molecule has 27 heavy (non-hydrogen) atoms. The van der Waals surface area contributed by atoms with Gasteiger partial charge in [0.15, 0.2) is 0 Å². The molecule has 0 saturated carbocycles. The van der Waals surface area contributed by atoms with Crippen LogP contribution in [0.5, 0.6) is 5.75 Å². The standard InChI is InChI=1S/C21H21NO4S/c22-14-16-7-9-17(10-8-16)25-12-13-26-21(23)19-5-1-2-6-20(19)27-15-18-4-3-11-24-18/h1-2,5-10,18H,3-4,11-13,15H2/t18-/m1/s1. The highest BCUT2D eigenvalue weighted by Crippen LogP contribution is 2.27. The summed E-state index contributed by atoms with van der Waals surface area (Å²) in [7, 11) is 0. The molecule has 2 aromatic rings. The molecule has 6 heteroatoms. The molecule has 1 aliphatic heterocycles. The van der Waals surface area contributed by atoms with Crippen LogP contribution in [0.15, 0.2) is 53.4 Å². The molecular weight excluding hydrogens is 362 g/mol. The summed E-state index contributed by atoms with van der Waals surface area (Å²) in [6.45, 7) is 1.24. The number of ether oxygens (including phenoxy) is 3. The molecule has 0 amide bonds. The summed E-state index contributed by atoms with van der Waals surface area (Å²) in [6, 6.07) is 16.3. The SMILES string of the molecule is N#Cc1ccc(OCCOC(=O)c2ccccc2SC[C@H]2CCCO2)cc1. The van der Waals surface area contributed by atoms with Crippen molar-refractivity contribution in [2.75, 3.05) is 25.6 Å². The monoisotopic (exact) mass is 383 g/mol. The molecule has 1 heterocycles. The van der Waals surface area contributed by atoms with Crippen LogP contribution in [0.3, 0.4) is 0 Å². The van der Waals surface area contributed by atoms with E-state index in [4.69, 9.17) is 19.5 Å². The third-order valence-corrected chi connectivity index (χ3v) is 5.33. The van der Waals surface area contributed by atoms with Gasteiger partial charge in [0.25, 0.3) is 0 Å². The van der Waals surface area contributed by atoms with Crippen LogP contribution in [0.1, 0.15) is 28.8 Å². The zero-order valence-corrected chi connectivity index (χ0v) is 15.7. The van der Waals surface area contributed by atoms with Crippen LogP contribution in [-0.2, 0) is 9.47 Å². The normalized spacial score (nSPS) is 15.9. The van der Waals surface area contributed by atoms with Crippen molar-refractivity contribution in [2.24, 2.45) is 0 Å². The fraction of sp³-hybridized carbons (Fsp3) is 0.333. The molecule has 1 atom stereocenters. The van der Waals surface area contributed by atoms with Gasteiger partial charge in [-0.1, -0.05) is 12.1 Å². The minimum absolute atomic E-state index is 0.156. The summed E-state index contributed by atoms with van der Waals surface area (Å²) in [6.07, 6.45) is 2.44. The average molecular weight is 383 g/mol. The van der Waals surface area contributed by atoms with Gasteiger partial charge in [-0.2, -0.15) is 5.26 Å². The smallest absolute Gasteiger partial charge is 0.339 e. The molecule has 2 aromatic carbocycles. The highest BCUT2D eigenvalue weighted by molar-refractivity contribution is 7.99. The summed E-state index contributed by atoms with van der Waals surface area (Å²) < 4.78 is 16.5. The van der Waals surface area contributed by atoms with Crippen LogP contribution >= 0.6 is 11.8 Å². The number of nitriles is 1. The maximum atomic E-state index is 12.4. The maximum Gasteiger partial charge on any atom is 0.339 e. The van der Waals surface area contributed by atoms with Gasteiger partial charge in [-0.3, -0.25) is 0 Å². The van der Waals surface area contributed by atoms with Gasteiger partial charge in [-0.05, 0) is 49.2 Å². The van der Waals surface area contributed by atoms with E-state index >= 15 is 0 Å². The van der Waals surface area contributed by atoms with E-state index in [1.807, 2.05) is 18.2 Å². The van der Waals surface area contributed by atoms with Gasteiger partial charge in [-0.25, -0.2) is 4.79 Å². The third kappa shape index (κ3) is 5.75. The molecule has 1 saturated heterocycles. The Morgan fingerprint density at radius 1 is 1.19 bits per heavy atom. The number of carbonyl (C=O) groups excluding carboxylic acids is 1. The van der Waals surface area contributed by atoms with E-state index in [0.29, 0.717) is 16.9 Å². The Balaban J connectivity index is 1.46. The Labute approximate surface area is 163 Å². The fourth-order valence-electron chi connectivity index (χ4n) is 2.72. The zero-order valence-electron chi connectivity index (χ0n) is 14.9. The fourth-order valence-corrected chi connectivity index (χ4v) is 3.83. The summed E-state index contributed by atoms with van der Waals surface area (Å²) in [5.74, 6) is 1.12. The first-order valence-electron chi connectivity index (χ1n) is 8.90. The van der Waals surface area contributed by atoms with Gasteiger partial charge >= 0.3 is 5.97 Å². The number of nitrogens with zero attached hydrogens (tertiary/aromatic N) is 1. The molecule has 0 aromatic heterocycles. The van der Waals surface area contributed by atoms with Crippen molar-refractivity contribution < 1.29 is 19.0 Å². The lowest BCUT2D eigenvalue weighted by Gasteiger charge is -2.12. The molecule has 1 aliphatic rings. The Morgan fingerprint density at radius 2 is 2.00 bits per heavy atom. The van der Waals surface area contributed by atoms with Crippen LogP contribution in [0, 0.1) is 11.3 Å². The Hall–Kier alpha value is -2.49. The molecule has 0 spiro atoms. The molecule has 0 bridgehead atoms. The van der Waals surface area contributed by atoms with Crippen molar-refractivity contribution in [2.45, 2.75) is 23.8 Å². The molecule has 3 rings (SSSR count). The summed E-state index contributed by atoms with van der Waals surface area (Å²) in [4.78, 5) is 13.3. The minimum Gasteiger partial charge on any atom is -0.490 e. The van der Waals surface area contributed by atoms with Gasteiger partial charge < -0.3 is 14.2 Å². The number of carbonyl (C=O) groups is 1. The zero-order chi connectivity index (χ0) is 18.9. The summed E-state index contributed by atoms with van der Waals surface area (Å²) >= 11 is 1.63. The summed E-state index contributed by atoms with van der Waals surface area (Å²) in [5.41, 5.74) is 1.14. The first-order valence-corrected chi connectivity index (χ1v) is 9.88. The Kier molecular flexibility index (Phi) is 7.14. The second kappa shape index (κ2) is 10.0. The molecule has 0 unspecified atom stereocenters. The number of rotatable bonds is 8. The van der Waals surface area contributed by atoms with Gasteiger partial charge in [0.1, 0.15) is 19.0 Å². The molecule has 0 N–H and O–H groups in total. The molecular formula is C21H21NO4S. The minimum atomic E-state index is -0.353. The van der Waals surface area contributed by atoms with Crippen LogP contribution in [0.4, 0.5) is 0 Å². The van der Waals surface area contributed by atoms with Crippen LogP contribution in [0.25, 0.3) is 0 Å². The van der Waals surface area contributed by atoms with E-state index < -0.39 is 0 Å². The Morgan fingerprint density at radius 3 is 2.74 bits per heavy atom. The lowest BCUT2D eigenvalue weighted by molar-refractivity contribution is 0.0446. The van der Waals surface area contributed by atoms with E-state index in [1.165, 1.54) is 0 Å². The topological polar surface area (TPSA) is 68.5 Å². The average Bonchev–Trinajstić information content (AvgIpc) is 3.24. The van der Waals surface area contributed by atoms with E-state index in [9.17, 15) is 4.79 Å².